The predicted molar refractivity (Wildman–Crippen MR) is 117 cm³/mol. The molecule has 0 saturated carbocycles. The molecule has 2 aromatic rings. The zero-order valence-electron chi connectivity index (χ0n) is 18.5. The highest BCUT2D eigenvalue weighted by atomic mass is 31.2. The summed E-state index contributed by atoms with van der Waals surface area (Å²) in [6.07, 6.45) is -0.622. The molecule has 12 nitrogen and oxygen atoms in total. The number of carbonyl (C=O) groups excluding carboxylic acids is 1. The number of benzene rings is 1. The third-order valence-electron chi connectivity index (χ3n) is 4.30. The van der Waals surface area contributed by atoms with Crippen LogP contribution in [0.15, 0.2) is 47.4 Å². The second kappa shape index (κ2) is 10.9. The van der Waals surface area contributed by atoms with Gasteiger partial charge in [-0.3, -0.25) is 13.9 Å². The summed E-state index contributed by atoms with van der Waals surface area (Å²) in [5.74, 6) is -0.261. The van der Waals surface area contributed by atoms with Crippen molar-refractivity contribution in [2.45, 2.75) is 45.4 Å². The van der Waals surface area contributed by atoms with Crippen molar-refractivity contribution in [3.8, 4) is 5.75 Å². The van der Waals surface area contributed by atoms with Crippen LogP contribution in [0.3, 0.4) is 0 Å². The number of aromatic nitrogens is 2. The Balaban J connectivity index is 1.66. The van der Waals surface area contributed by atoms with Crippen molar-refractivity contribution in [2.75, 3.05) is 18.9 Å². The number of hydrogen-bond donors (Lipinski definition) is 2. The van der Waals surface area contributed by atoms with E-state index in [0.717, 1.165) is 0 Å². The largest absolute Gasteiger partial charge is 0.462 e. The minimum atomic E-state index is -4.06. The summed E-state index contributed by atoms with van der Waals surface area (Å²) in [6, 6.07) is 8.81. The first-order chi connectivity index (χ1) is 15.6. The Bertz CT molecular complexity index is 1050. The van der Waals surface area contributed by atoms with E-state index in [2.05, 4.69) is 10.1 Å². The van der Waals surface area contributed by atoms with Gasteiger partial charge in [0.05, 0.1) is 12.7 Å². The van der Waals surface area contributed by atoms with Crippen LogP contribution in [-0.2, 0) is 28.1 Å². The maximum atomic E-state index is 13.4. The van der Waals surface area contributed by atoms with E-state index in [9.17, 15) is 14.2 Å². The summed E-state index contributed by atoms with van der Waals surface area (Å²) in [5.41, 5.74) is 4.90. The molecule has 2 heterocycles. The van der Waals surface area contributed by atoms with Crippen molar-refractivity contribution in [2.24, 2.45) is 0 Å². The molecule has 180 valence electrons. The first kappa shape index (κ1) is 24.9. The van der Waals surface area contributed by atoms with Crippen molar-refractivity contribution < 1.29 is 32.6 Å². The molecule has 0 aliphatic carbocycles. The van der Waals surface area contributed by atoms with Crippen LogP contribution >= 0.6 is 7.75 Å². The van der Waals surface area contributed by atoms with Gasteiger partial charge in [0.2, 0.25) is 0 Å². The van der Waals surface area contributed by atoms with E-state index >= 15 is 0 Å². The summed E-state index contributed by atoms with van der Waals surface area (Å²) in [7, 11) is -4.06. The van der Waals surface area contributed by atoms with Crippen LogP contribution in [0.2, 0.25) is 0 Å². The summed E-state index contributed by atoms with van der Waals surface area (Å²) in [4.78, 5) is 27.8. The molecule has 1 aromatic carbocycles. The molecule has 1 aromatic heterocycles. The Morgan fingerprint density at radius 2 is 2.03 bits per heavy atom. The van der Waals surface area contributed by atoms with Gasteiger partial charge in [-0.25, -0.2) is 9.36 Å². The molecule has 0 unspecified atom stereocenters. The molecule has 3 rings (SSSR count). The van der Waals surface area contributed by atoms with E-state index in [1.807, 2.05) is 0 Å². The molecule has 1 aliphatic heterocycles. The lowest BCUT2D eigenvalue weighted by Crippen LogP contribution is -2.36. The Morgan fingerprint density at radius 3 is 2.70 bits per heavy atom. The molecule has 1 saturated heterocycles. The van der Waals surface area contributed by atoms with Gasteiger partial charge in [0, 0.05) is 6.20 Å². The molecule has 0 spiro atoms. The molecule has 1 aliphatic rings. The van der Waals surface area contributed by atoms with Gasteiger partial charge in [-0.2, -0.15) is 10.1 Å². The van der Waals surface area contributed by atoms with Crippen LogP contribution in [0.4, 0.5) is 5.82 Å². The van der Waals surface area contributed by atoms with Gasteiger partial charge in [0.15, 0.2) is 12.5 Å². The van der Waals surface area contributed by atoms with Crippen LogP contribution in [0.5, 0.6) is 5.75 Å². The van der Waals surface area contributed by atoms with Gasteiger partial charge in [-0.15, -0.1) is 0 Å². The van der Waals surface area contributed by atoms with Gasteiger partial charge in [-0.1, -0.05) is 18.2 Å². The van der Waals surface area contributed by atoms with Crippen molar-refractivity contribution >= 4 is 19.5 Å². The number of rotatable bonds is 10. The quantitative estimate of drug-likeness (QED) is 0.377. The second-order valence-corrected chi connectivity index (χ2v) is 9.12. The molecule has 3 N–H and O–H groups in total. The Morgan fingerprint density at radius 1 is 1.30 bits per heavy atom. The summed E-state index contributed by atoms with van der Waals surface area (Å²) in [5, 5.41) is 2.58. The molecule has 33 heavy (non-hydrogen) atoms. The average molecular weight is 482 g/mol. The Kier molecular flexibility index (Phi) is 8.22. The second-order valence-electron chi connectivity index (χ2n) is 7.43. The zero-order valence-corrected chi connectivity index (χ0v) is 19.3. The number of hydrogen-bond acceptors (Lipinski definition) is 10. The smallest absolute Gasteiger partial charge is 0.459 e. The van der Waals surface area contributed by atoms with Crippen molar-refractivity contribution in [1.82, 2.24) is 14.6 Å². The van der Waals surface area contributed by atoms with E-state index < -0.39 is 38.0 Å². The van der Waals surface area contributed by atoms with Gasteiger partial charge in [0.1, 0.15) is 24.2 Å². The Hall–Kier alpha value is -2.76. The SMILES string of the molecule is CC(C)OC(=O)[C@H](C)N[P@@](=O)(OC[C@H]1OC[C@@H](n2ccc(N)nc2=O)O1)Oc1ccccc1. The topological polar surface area (TPSA) is 153 Å². The fourth-order valence-corrected chi connectivity index (χ4v) is 4.29. The number of nitrogens with two attached hydrogens (primary N) is 1. The van der Waals surface area contributed by atoms with Crippen molar-refractivity contribution in [1.29, 1.82) is 0 Å². The maximum absolute atomic E-state index is 13.4. The van der Waals surface area contributed by atoms with Gasteiger partial charge in [-0.05, 0) is 39.0 Å². The number of ether oxygens (including phenoxy) is 3. The molecule has 0 radical (unpaired) electrons. The lowest BCUT2D eigenvalue weighted by molar-refractivity contribution is -0.149. The number of anilines is 1. The molecular formula is C20H27N4O8P. The van der Waals surface area contributed by atoms with Gasteiger partial charge in [0.25, 0.3) is 0 Å². The van der Waals surface area contributed by atoms with E-state index in [1.165, 1.54) is 23.8 Å². The third kappa shape index (κ3) is 7.11. The maximum Gasteiger partial charge on any atom is 0.459 e. The minimum Gasteiger partial charge on any atom is -0.462 e. The van der Waals surface area contributed by atoms with Crippen LogP contribution in [0, 0.1) is 0 Å². The molecule has 4 atom stereocenters. The normalized spacial score (nSPS) is 20.8. The molecular weight excluding hydrogens is 455 g/mol. The van der Waals surface area contributed by atoms with Crippen LogP contribution in [0.25, 0.3) is 0 Å². The number of nitrogens with one attached hydrogen (secondary N) is 1. The van der Waals surface area contributed by atoms with Crippen molar-refractivity contribution in [3.63, 3.8) is 0 Å². The van der Waals surface area contributed by atoms with Crippen LogP contribution in [0.1, 0.15) is 27.0 Å². The van der Waals surface area contributed by atoms with Crippen LogP contribution in [-0.4, -0.2) is 47.2 Å². The number of esters is 1. The predicted octanol–water partition coefficient (Wildman–Crippen LogP) is 1.83. The highest BCUT2D eigenvalue weighted by Gasteiger charge is 2.36. The average Bonchev–Trinajstić information content (AvgIpc) is 3.21. The van der Waals surface area contributed by atoms with Gasteiger partial charge < -0.3 is 24.5 Å². The fourth-order valence-electron chi connectivity index (χ4n) is 2.82. The molecule has 0 amide bonds. The minimum absolute atomic E-state index is 0.0356. The summed E-state index contributed by atoms with van der Waals surface area (Å²) in [6.45, 7) is 4.61. The zero-order chi connectivity index (χ0) is 24.0. The standard InChI is InChI=1S/C20H27N4O8P/c1-13(2)30-19(25)14(3)23-33(27,32-15-7-5-4-6-8-15)29-12-18-28-11-17(31-18)24-10-9-16(21)22-20(24)26/h4-10,13-14,17-18H,11-12H2,1-3H3,(H,23,27)(H2,21,22,26)/t14-,17-,18-,33+/m0/s1. The highest BCUT2D eigenvalue weighted by molar-refractivity contribution is 7.52. The van der Waals surface area contributed by atoms with E-state index in [0.29, 0.717) is 0 Å². The molecule has 0 bridgehead atoms. The first-order valence-electron chi connectivity index (χ1n) is 10.2. The highest BCUT2D eigenvalue weighted by Crippen LogP contribution is 2.45. The number of para-hydroxylation sites is 1. The molecule has 1 fully saturated rings. The van der Waals surface area contributed by atoms with E-state index in [4.69, 9.17) is 29.0 Å². The Labute approximate surface area is 190 Å². The van der Waals surface area contributed by atoms with Crippen LogP contribution < -0.4 is 21.0 Å². The van der Waals surface area contributed by atoms with E-state index in [1.54, 1.807) is 44.2 Å². The lowest BCUT2D eigenvalue weighted by atomic mass is 10.3. The monoisotopic (exact) mass is 482 g/mol. The first-order valence-corrected chi connectivity index (χ1v) is 11.8. The summed E-state index contributed by atoms with van der Waals surface area (Å²) >= 11 is 0. The summed E-state index contributed by atoms with van der Waals surface area (Å²) < 4.78 is 42.0. The van der Waals surface area contributed by atoms with Gasteiger partial charge >= 0.3 is 19.4 Å². The number of nitrogen functional groups attached to an aromatic ring is 1. The fraction of sp³-hybridized carbons (Fsp3) is 0.450. The number of carbonyl (C=O) groups is 1. The third-order valence-corrected chi connectivity index (χ3v) is 5.95. The van der Waals surface area contributed by atoms with E-state index in [-0.39, 0.29) is 30.9 Å². The van der Waals surface area contributed by atoms with Crippen molar-refractivity contribution in [3.05, 3.63) is 53.1 Å². The number of nitrogens with zero attached hydrogens (tertiary/aromatic N) is 2. The lowest BCUT2D eigenvalue weighted by Gasteiger charge is -2.24. The molecule has 13 heteroatoms.